The molecule has 1 N–H and O–H groups in total. The first kappa shape index (κ1) is 15.9. The lowest BCUT2D eigenvalue weighted by atomic mass is 10.1. The zero-order valence-corrected chi connectivity index (χ0v) is 13.0. The summed E-state index contributed by atoms with van der Waals surface area (Å²) in [5.41, 5.74) is 1.53. The number of hydrogen-bond donors (Lipinski definition) is 1. The standard InChI is InChI=1S/C16H19ClFN3/c1-11(2)7-19-8-12-9-20-15(21-10-12)6-13-4-3-5-14(17)16(13)18/h3-5,9-11,19H,6-8H2,1-2H3. The van der Waals surface area contributed by atoms with E-state index in [0.717, 1.165) is 18.7 Å². The monoisotopic (exact) mass is 307 g/mol. The zero-order valence-electron chi connectivity index (χ0n) is 12.2. The van der Waals surface area contributed by atoms with E-state index in [4.69, 9.17) is 11.6 Å². The Morgan fingerprint density at radius 3 is 2.62 bits per heavy atom. The van der Waals surface area contributed by atoms with E-state index in [0.29, 0.717) is 23.7 Å². The summed E-state index contributed by atoms with van der Waals surface area (Å²) in [6, 6.07) is 4.96. The maximum atomic E-state index is 13.8. The van der Waals surface area contributed by atoms with Gasteiger partial charge in [-0.1, -0.05) is 37.6 Å². The van der Waals surface area contributed by atoms with Crippen molar-refractivity contribution in [3.8, 4) is 0 Å². The summed E-state index contributed by atoms with van der Waals surface area (Å²) in [5.74, 6) is 0.796. The summed E-state index contributed by atoms with van der Waals surface area (Å²) in [6.45, 7) is 6.01. The van der Waals surface area contributed by atoms with E-state index in [1.54, 1.807) is 24.5 Å². The van der Waals surface area contributed by atoms with Gasteiger partial charge in [-0.15, -0.1) is 0 Å². The fraction of sp³-hybridized carbons (Fsp3) is 0.375. The molecule has 0 aliphatic heterocycles. The van der Waals surface area contributed by atoms with Crippen LogP contribution in [-0.4, -0.2) is 16.5 Å². The highest BCUT2D eigenvalue weighted by molar-refractivity contribution is 6.30. The summed E-state index contributed by atoms with van der Waals surface area (Å²) < 4.78 is 13.8. The molecule has 0 saturated carbocycles. The van der Waals surface area contributed by atoms with Gasteiger partial charge in [0.25, 0.3) is 0 Å². The van der Waals surface area contributed by atoms with Gasteiger partial charge in [0.15, 0.2) is 0 Å². The van der Waals surface area contributed by atoms with Gasteiger partial charge in [-0.3, -0.25) is 0 Å². The molecule has 0 amide bonds. The Morgan fingerprint density at radius 1 is 1.24 bits per heavy atom. The fourth-order valence-corrected chi connectivity index (χ4v) is 2.12. The largest absolute Gasteiger partial charge is 0.312 e. The van der Waals surface area contributed by atoms with Crippen molar-refractivity contribution in [1.82, 2.24) is 15.3 Å². The summed E-state index contributed by atoms with van der Waals surface area (Å²) in [4.78, 5) is 8.56. The second kappa shape index (κ2) is 7.48. The molecule has 2 rings (SSSR count). The van der Waals surface area contributed by atoms with Gasteiger partial charge in [0.05, 0.1) is 5.02 Å². The Kier molecular flexibility index (Phi) is 5.65. The molecule has 3 nitrogen and oxygen atoms in total. The fourth-order valence-electron chi connectivity index (χ4n) is 1.92. The molecule has 0 fully saturated rings. The third kappa shape index (κ3) is 4.76. The highest BCUT2D eigenvalue weighted by Crippen LogP contribution is 2.19. The first-order valence-corrected chi connectivity index (χ1v) is 7.37. The molecule has 0 aliphatic rings. The molecular weight excluding hydrogens is 289 g/mol. The molecule has 1 heterocycles. The molecule has 1 aromatic heterocycles. The molecule has 112 valence electrons. The normalized spacial score (nSPS) is 11.1. The van der Waals surface area contributed by atoms with Crippen molar-refractivity contribution in [1.29, 1.82) is 0 Å². The van der Waals surface area contributed by atoms with E-state index >= 15 is 0 Å². The number of nitrogens with one attached hydrogen (secondary N) is 1. The second-order valence-corrected chi connectivity index (χ2v) is 5.83. The molecule has 21 heavy (non-hydrogen) atoms. The average molecular weight is 308 g/mol. The van der Waals surface area contributed by atoms with Crippen molar-refractivity contribution in [2.75, 3.05) is 6.54 Å². The Balaban J connectivity index is 1.97. The predicted molar refractivity (Wildman–Crippen MR) is 82.8 cm³/mol. The average Bonchev–Trinajstić information content (AvgIpc) is 2.45. The minimum absolute atomic E-state index is 0.127. The summed E-state index contributed by atoms with van der Waals surface area (Å²) in [7, 11) is 0. The lowest BCUT2D eigenvalue weighted by molar-refractivity contribution is 0.551. The molecule has 0 saturated heterocycles. The van der Waals surface area contributed by atoms with Crippen molar-refractivity contribution in [2.24, 2.45) is 5.92 Å². The molecule has 5 heteroatoms. The first-order valence-electron chi connectivity index (χ1n) is 6.99. The molecule has 0 atom stereocenters. The lowest BCUT2D eigenvalue weighted by Crippen LogP contribution is -2.19. The number of nitrogens with zero attached hydrogens (tertiary/aromatic N) is 2. The number of rotatable bonds is 6. The van der Waals surface area contributed by atoms with Gasteiger partial charge >= 0.3 is 0 Å². The van der Waals surface area contributed by atoms with Crippen LogP contribution in [0.1, 0.15) is 30.8 Å². The summed E-state index contributed by atoms with van der Waals surface area (Å²) in [5, 5.41) is 3.46. The van der Waals surface area contributed by atoms with E-state index < -0.39 is 5.82 Å². The van der Waals surface area contributed by atoms with Crippen LogP contribution < -0.4 is 5.32 Å². The van der Waals surface area contributed by atoms with Crippen molar-refractivity contribution < 1.29 is 4.39 Å². The number of halogens is 2. The predicted octanol–water partition coefficient (Wildman–Crippen LogP) is 3.61. The Bertz CT molecular complexity index is 585. The van der Waals surface area contributed by atoms with E-state index in [1.807, 2.05) is 0 Å². The van der Waals surface area contributed by atoms with Crippen LogP contribution in [0.4, 0.5) is 4.39 Å². The van der Waals surface area contributed by atoms with E-state index in [9.17, 15) is 4.39 Å². The van der Waals surface area contributed by atoms with Crippen molar-refractivity contribution in [3.63, 3.8) is 0 Å². The topological polar surface area (TPSA) is 37.8 Å². The zero-order chi connectivity index (χ0) is 15.2. The molecule has 0 aliphatic carbocycles. The highest BCUT2D eigenvalue weighted by Gasteiger charge is 2.08. The van der Waals surface area contributed by atoms with Gasteiger partial charge in [-0.25, -0.2) is 14.4 Å². The minimum atomic E-state index is -0.398. The van der Waals surface area contributed by atoms with Crippen molar-refractivity contribution >= 4 is 11.6 Å². The van der Waals surface area contributed by atoms with Crippen LogP contribution in [0, 0.1) is 11.7 Å². The highest BCUT2D eigenvalue weighted by atomic mass is 35.5. The van der Waals surface area contributed by atoms with E-state index in [2.05, 4.69) is 29.1 Å². The second-order valence-electron chi connectivity index (χ2n) is 5.42. The third-order valence-corrected chi connectivity index (χ3v) is 3.31. The summed E-state index contributed by atoms with van der Waals surface area (Å²) in [6.07, 6.45) is 3.89. The first-order chi connectivity index (χ1) is 10.1. The lowest BCUT2D eigenvalue weighted by Gasteiger charge is -2.07. The Morgan fingerprint density at radius 2 is 1.95 bits per heavy atom. The maximum absolute atomic E-state index is 13.8. The molecule has 1 aromatic carbocycles. The third-order valence-electron chi connectivity index (χ3n) is 3.02. The quantitative estimate of drug-likeness (QED) is 0.886. The summed E-state index contributed by atoms with van der Waals surface area (Å²) >= 11 is 5.76. The maximum Gasteiger partial charge on any atom is 0.145 e. The van der Waals surface area contributed by atoms with Crippen LogP contribution in [0.25, 0.3) is 0 Å². The number of aromatic nitrogens is 2. The van der Waals surface area contributed by atoms with Crippen LogP contribution in [0.15, 0.2) is 30.6 Å². The van der Waals surface area contributed by atoms with Crippen LogP contribution in [0.2, 0.25) is 5.02 Å². The Labute approximate surface area is 129 Å². The van der Waals surface area contributed by atoms with Gasteiger partial charge in [-0.2, -0.15) is 0 Å². The van der Waals surface area contributed by atoms with Crippen LogP contribution in [0.3, 0.4) is 0 Å². The molecule has 2 aromatic rings. The minimum Gasteiger partial charge on any atom is -0.312 e. The SMILES string of the molecule is CC(C)CNCc1cnc(Cc2cccc(Cl)c2F)nc1. The van der Waals surface area contributed by atoms with Crippen LogP contribution in [0.5, 0.6) is 0 Å². The molecule has 0 spiro atoms. The van der Waals surface area contributed by atoms with Crippen LogP contribution >= 0.6 is 11.6 Å². The number of benzene rings is 1. The van der Waals surface area contributed by atoms with E-state index in [1.165, 1.54) is 6.07 Å². The molecular formula is C16H19ClFN3. The van der Waals surface area contributed by atoms with Gasteiger partial charge in [-0.05, 0) is 24.1 Å². The Hall–Kier alpha value is -1.52. The molecule has 0 radical (unpaired) electrons. The van der Waals surface area contributed by atoms with E-state index in [-0.39, 0.29) is 5.02 Å². The smallest absolute Gasteiger partial charge is 0.145 e. The van der Waals surface area contributed by atoms with Gasteiger partial charge in [0.2, 0.25) is 0 Å². The van der Waals surface area contributed by atoms with Crippen molar-refractivity contribution in [2.45, 2.75) is 26.8 Å². The van der Waals surface area contributed by atoms with Gasteiger partial charge in [0.1, 0.15) is 11.6 Å². The molecule has 0 bridgehead atoms. The van der Waals surface area contributed by atoms with Gasteiger partial charge in [0, 0.05) is 30.9 Å². The van der Waals surface area contributed by atoms with Crippen LogP contribution in [-0.2, 0) is 13.0 Å². The van der Waals surface area contributed by atoms with Crippen molar-refractivity contribution in [3.05, 3.63) is 58.4 Å². The number of hydrogen-bond acceptors (Lipinski definition) is 3. The van der Waals surface area contributed by atoms with Gasteiger partial charge < -0.3 is 5.32 Å². The molecule has 0 unspecified atom stereocenters.